The molecule has 0 radical (unpaired) electrons. The topological polar surface area (TPSA) is 65.2 Å². The fourth-order valence-electron chi connectivity index (χ4n) is 1.95. The van der Waals surface area contributed by atoms with Gasteiger partial charge >= 0.3 is 0 Å². The van der Waals surface area contributed by atoms with Gasteiger partial charge in [0.05, 0.1) is 18.0 Å². The first-order valence-corrected chi connectivity index (χ1v) is 7.16. The molecule has 3 rings (SSSR count). The van der Waals surface area contributed by atoms with Gasteiger partial charge in [-0.2, -0.15) is 4.98 Å². The first-order chi connectivity index (χ1) is 9.67. The molecule has 2 aromatic rings. The minimum absolute atomic E-state index is 0.191. The molecular formula is C14H13BrN2O3. The predicted octanol–water partition coefficient (Wildman–Crippen LogP) is 3.03. The molecule has 104 valence electrons. The molecule has 1 heterocycles. The standard InChI is InChI=1S/C14H13BrN2O3/c1-19-12-5-4-9(6-10(12)15)14-16-13(20-17-14)7-11(18)8-2-3-8/h4-6,8H,2-3,7H2,1H3. The summed E-state index contributed by atoms with van der Waals surface area (Å²) in [5.41, 5.74) is 0.812. The quantitative estimate of drug-likeness (QED) is 0.839. The second-order valence-corrected chi connectivity index (χ2v) is 5.63. The summed E-state index contributed by atoms with van der Waals surface area (Å²) in [4.78, 5) is 16.0. The monoisotopic (exact) mass is 336 g/mol. The number of aromatic nitrogens is 2. The van der Waals surface area contributed by atoms with Crippen LogP contribution in [0.2, 0.25) is 0 Å². The molecule has 1 aliphatic rings. The minimum Gasteiger partial charge on any atom is -0.496 e. The summed E-state index contributed by atoms with van der Waals surface area (Å²) in [5.74, 6) is 1.99. The van der Waals surface area contributed by atoms with Gasteiger partial charge in [0.1, 0.15) is 11.5 Å². The first kappa shape index (κ1) is 13.3. The highest BCUT2D eigenvalue weighted by atomic mass is 79.9. The number of methoxy groups -OCH3 is 1. The Morgan fingerprint density at radius 1 is 1.50 bits per heavy atom. The van der Waals surface area contributed by atoms with E-state index in [0.29, 0.717) is 11.7 Å². The van der Waals surface area contributed by atoms with Crippen molar-refractivity contribution in [3.63, 3.8) is 0 Å². The van der Waals surface area contributed by atoms with Gasteiger partial charge in [-0.05, 0) is 47.0 Å². The molecule has 0 N–H and O–H groups in total. The summed E-state index contributed by atoms with van der Waals surface area (Å²) in [7, 11) is 1.61. The average molecular weight is 337 g/mol. The van der Waals surface area contributed by atoms with Crippen LogP contribution in [0.25, 0.3) is 11.4 Å². The highest BCUT2D eigenvalue weighted by Crippen LogP contribution is 2.31. The van der Waals surface area contributed by atoms with Gasteiger partial charge in [0, 0.05) is 11.5 Å². The maximum Gasteiger partial charge on any atom is 0.234 e. The maximum atomic E-state index is 11.7. The van der Waals surface area contributed by atoms with Crippen LogP contribution in [0, 0.1) is 5.92 Å². The molecule has 0 saturated heterocycles. The van der Waals surface area contributed by atoms with E-state index in [-0.39, 0.29) is 18.1 Å². The normalized spacial score (nSPS) is 14.3. The Balaban J connectivity index is 1.78. The van der Waals surface area contributed by atoms with E-state index in [0.717, 1.165) is 28.6 Å². The SMILES string of the molecule is COc1ccc(-c2noc(CC(=O)C3CC3)n2)cc1Br. The Hall–Kier alpha value is -1.69. The van der Waals surface area contributed by atoms with Crippen molar-refractivity contribution in [3.8, 4) is 17.1 Å². The predicted molar refractivity (Wildman–Crippen MR) is 75.4 cm³/mol. The molecule has 0 atom stereocenters. The number of carbonyl (C=O) groups excluding carboxylic acids is 1. The number of benzene rings is 1. The third kappa shape index (κ3) is 2.75. The van der Waals surface area contributed by atoms with Crippen LogP contribution in [0.3, 0.4) is 0 Å². The van der Waals surface area contributed by atoms with Crippen molar-refractivity contribution in [2.45, 2.75) is 19.3 Å². The molecule has 1 aromatic heterocycles. The Kier molecular flexibility index (Phi) is 3.56. The van der Waals surface area contributed by atoms with E-state index in [2.05, 4.69) is 26.1 Å². The van der Waals surface area contributed by atoms with E-state index in [4.69, 9.17) is 9.26 Å². The van der Waals surface area contributed by atoms with Crippen LogP contribution in [0.15, 0.2) is 27.2 Å². The number of hydrogen-bond donors (Lipinski definition) is 0. The third-order valence-corrected chi connectivity index (χ3v) is 3.86. The molecule has 0 aliphatic heterocycles. The van der Waals surface area contributed by atoms with Crippen molar-refractivity contribution < 1.29 is 14.1 Å². The van der Waals surface area contributed by atoms with Crippen LogP contribution < -0.4 is 4.74 Å². The van der Waals surface area contributed by atoms with Crippen LogP contribution >= 0.6 is 15.9 Å². The number of Topliss-reactive ketones (excluding diaryl/α,β-unsaturated/α-hetero) is 1. The van der Waals surface area contributed by atoms with Crippen molar-refractivity contribution in [3.05, 3.63) is 28.6 Å². The molecule has 5 nitrogen and oxygen atoms in total. The van der Waals surface area contributed by atoms with Gasteiger partial charge in [-0.1, -0.05) is 5.16 Å². The lowest BCUT2D eigenvalue weighted by molar-refractivity contribution is -0.119. The number of ketones is 1. The number of carbonyl (C=O) groups is 1. The van der Waals surface area contributed by atoms with E-state index in [1.54, 1.807) is 7.11 Å². The Labute approximate surface area is 124 Å². The van der Waals surface area contributed by atoms with Crippen molar-refractivity contribution in [1.82, 2.24) is 10.1 Å². The summed E-state index contributed by atoms with van der Waals surface area (Å²) >= 11 is 3.41. The zero-order chi connectivity index (χ0) is 14.1. The summed E-state index contributed by atoms with van der Waals surface area (Å²) in [6.45, 7) is 0. The van der Waals surface area contributed by atoms with Gasteiger partial charge in [-0.25, -0.2) is 0 Å². The van der Waals surface area contributed by atoms with E-state index in [1.807, 2.05) is 18.2 Å². The van der Waals surface area contributed by atoms with E-state index >= 15 is 0 Å². The second-order valence-electron chi connectivity index (χ2n) is 4.78. The second kappa shape index (κ2) is 5.36. The molecule has 1 aliphatic carbocycles. The third-order valence-electron chi connectivity index (χ3n) is 3.24. The molecule has 1 fully saturated rings. The van der Waals surface area contributed by atoms with Crippen molar-refractivity contribution in [2.24, 2.45) is 5.92 Å². The molecule has 6 heteroatoms. The van der Waals surface area contributed by atoms with Gasteiger partial charge in [0.15, 0.2) is 0 Å². The summed E-state index contributed by atoms with van der Waals surface area (Å²) in [6.07, 6.45) is 2.21. The molecule has 0 unspecified atom stereocenters. The average Bonchev–Trinajstić information content (AvgIpc) is 3.19. The van der Waals surface area contributed by atoms with Crippen LogP contribution in [0.5, 0.6) is 5.75 Å². The number of ether oxygens (including phenoxy) is 1. The zero-order valence-electron chi connectivity index (χ0n) is 10.9. The van der Waals surface area contributed by atoms with Gasteiger partial charge in [-0.3, -0.25) is 4.79 Å². The molecule has 0 spiro atoms. The Morgan fingerprint density at radius 3 is 2.95 bits per heavy atom. The highest BCUT2D eigenvalue weighted by Gasteiger charge is 2.30. The maximum absolute atomic E-state index is 11.7. The van der Waals surface area contributed by atoms with Crippen LogP contribution in [0.4, 0.5) is 0 Å². The summed E-state index contributed by atoms with van der Waals surface area (Å²) in [5, 5.41) is 3.92. The molecule has 20 heavy (non-hydrogen) atoms. The van der Waals surface area contributed by atoms with E-state index < -0.39 is 0 Å². The Morgan fingerprint density at radius 2 is 2.30 bits per heavy atom. The smallest absolute Gasteiger partial charge is 0.234 e. The number of nitrogens with zero attached hydrogens (tertiary/aromatic N) is 2. The van der Waals surface area contributed by atoms with Gasteiger partial charge < -0.3 is 9.26 Å². The molecule has 0 amide bonds. The van der Waals surface area contributed by atoms with Crippen molar-refractivity contribution >= 4 is 21.7 Å². The summed E-state index contributed by atoms with van der Waals surface area (Å²) in [6, 6.07) is 5.53. The van der Waals surface area contributed by atoms with E-state index in [9.17, 15) is 4.79 Å². The first-order valence-electron chi connectivity index (χ1n) is 6.36. The van der Waals surface area contributed by atoms with Crippen LogP contribution in [-0.2, 0) is 11.2 Å². The van der Waals surface area contributed by atoms with Gasteiger partial charge in [-0.15, -0.1) is 0 Å². The largest absolute Gasteiger partial charge is 0.496 e. The number of hydrogen-bond acceptors (Lipinski definition) is 5. The number of rotatable bonds is 5. The fraction of sp³-hybridized carbons (Fsp3) is 0.357. The van der Waals surface area contributed by atoms with Crippen LogP contribution in [-0.4, -0.2) is 23.0 Å². The fourth-order valence-corrected chi connectivity index (χ4v) is 2.49. The lowest BCUT2D eigenvalue weighted by Gasteiger charge is -2.03. The number of halogens is 1. The molecule has 0 bridgehead atoms. The highest BCUT2D eigenvalue weighted by molar-refractivity contribution is 9.10. The van der Waals surface area contributed by atoms with E-state index in [1.165, 1.54) is 0 Å². The molecular weight excluding hydrogens is 324 g/mol. The van der Waals surface area contributed by atoms with Crippen LogP contribution in [0.1, 0.15) is 18.7 Å². The lowest BCUT2D eigenvalue weighted by Crippen LogP contribution is -2.04. The summed E-state index contributed by atoms with van der Waals surface area (Å²) < 4.78 is 11.1. The minimum atomic E-state index is 0.191. The molecule has 1 saturated carbocycles. The lowest BCUT2D eigenvalue weighted by atomic mass is 10.2. The van der Waals surface area contributed by atoms with Gasteiger partial charge in [0.2, 0.25) is 11.7 Å². The van der Waals surface area contributed by atoms with Gasteiger partial charge in [0.25, 0.3) is 0 Å². The molecule has 1 aromatic carbocycles. The van der Waals surface area contributed by atoms with Crippen molar-refractivity contribution in [1.29, 1.82) is 0 Å². The zero-order valence-corrected chi connectivity index (χ0v) is 12.5. The van der Waals surface area contributed by atoms with Crippen molar-refractivity contribution in [2.75, 3.05) is 7.11 Å². The Bertz CT molecular complexity index is 650.